The maximum atomic E-state index is 13.2. The summed E-state index contributed by atoms with van der Waals surface area (Å²) in [6.45, 7) is 6.72. The van der Waals surface area contributed by atoms with Crippen molar-refractivity contribution in [3.05, 3.63) is 69.5 Å². The van der Waals surface area contributed by atoms with Crippen molar-refractivity contribution in [2.24, 2.45) is 5.92 Å². The van der Waals surface area contributed by atoms with Crippen molar-refractivity contribution >= 4 is 46.8 Å². The number of nitrogens with one attached hydrogen (secondary N) is 1. The van der Waals surface area contributed by atoms with Gasteiger partial charge in [0, 0.05) is 18.8 Å². The Morgan fingerprint density at radius 2 is 1.72 bits per heavy atom. The topological polar surface area (TPSA) is 49.4 Å². The first kappa shape index (κ1) is 26.5. The molecule has 2 rings (SSSR count). The molecule has 0 aliphatic carbocycles. The van der Waals surface area contributed by atoms with Crippen LogP contribution in [0.2, 0.25) is 10.0 Å². The normalized spacial score (nSPS) is 12.0. The van der Waals surface area contributed by atoms with Crippen LogP contribution in [0.4, 0.5) is 4.39 Å². The molecule has 0 aliphatic rings. The highest BCUT2D eigenvalue weighted by atomic mass is 35.5. The highest BCUT2D eigenvalue weighted by Gasteiger charge is 2.28. The molecule has 1 N–H and O–H groups in total. The van der Waals surface area contributed by atoms with Crippen molar-refractivity contribution < 1.29 is 14.0 Å². The van der Waals surface area contributed by atoms with Gasteiger partial charge in [-0.15, -0.1) is 11.8 Å². The standard InChI is InChI=1S/C24H29Cl2FN2O2S/c1-4-22(24(31)28-12-16(2)3)29(13-18-7-10-20(25)21(26)11-18)23(30)15-32-14-17-5-8-19(27)9-6-17/h5-11,16,22H,4,12-15H2,1-3H3,(H,28,31). The maximum Gasteiger partial charge on any atom is 0.242 e. The van der Waals surface area contributed by atoms with Crippen molar-refractivity contribution in [1.29, 1.82) is 0 Å². The van der Waals surface area contributed by atoms with Crippen molar-refractivity contribution in [2.75, 3.05) is 12.3 Å². The van der Waals surface area contributed by atoms with Crippen LogP contribution < -0.4 is 5.32 Å². The lowest BCUT2D eigenvalue weighted by Gasteiger charge is -2.31. The number of thioether (sulfide) groups is 1. The maximum absolute atomic E-state index is 13.2. The number of hydrogen-bond donors (Lipinski definition) is 1. The van der Waals surface area contributed by atoms with Crippen LogP contribution in [-0.2, 0) is 21.9 Å². The minimum absolute atomic E-state index is 0.144. The first-order chi connectivity index (χ1) is 15.2. The zero-order valence-corrected chi connectivity index (χ0v) is 20.9. The van der Waals surface area contributed by atoms with E-state index < -0.39 is 6.04 Å². The van der Waals surface area contributed by atoms with E-state index in [2.05, 4.69) is 5.32 Å². The van der Waals surface area contributed by atoms with E-state index in [1.165, 1.54) is 23.9 Å². The van der Waals surface area contributed by atoms with E-state index in [-0.39, 0.29) is 29.9 Å². The number of halogens is 3. The smallest absolute Gasteiger partial charge is 0.242 e. The summed E-state index contributed by atoms with van der Waals surface area (Å²) in [7, 11) is 0. The lowest BCUT2D eigenvalue weighted by atomic mass is 10.1. The third-order valence-corrected chi connectivity index (χ3v) is 6.54. The van der Waals surface area contributed by atoms with Gasteiger partial charge in [0.2, 0.25) is 11.8 Å². The predicted octanol–water partition coefficient (Wildman–Crippen LogP) is 5.95. The van der Waals surface area contributed by atoms with Gasteiger partial charge in [-0.05, 0) is 47.7 Å². The summed E-state index contributed by atoms with van der Waals surface area (Å²) in [5.41, 5.74) is 1.73. The molecule has 0 heterocycles. The predicted molar refractivity (Wildman–Crippen MR) is 132 cm³/mol. The largest absolute Gasteiger partial charge is 0.354 e. The van der Waals surface area contributed by atoms with Gasteiger partial charge < -0.3 is 10.2 Å². The van der Waals surface area contributed by atoms with E-state index in [0.29, 0.717) is 34.7 Å². The third-order valence-electron chi connectivity index (χ3n) is 4.81. The van der Waals surface area contributed by atoms with Crippen molar-refractivity contribution in [1.82, 2.24) is 10.2 Å². The number of carbonyl (C=O) groups is 2. The molecule has 0 bridgehead atoms. The molecule has 0 saturated heterocycles. The van der Waals surface area contributed by atoms with Gasteiger partial charge in [-0.3, -0.25) is 9.59 Å². The van der Waals surface area contributed by atoms with E-state index in [1.54, 1.807) is 35.2 Å². The molecule has 32 heavy (non-hydrogen) atoms. The summed E-state index contributed by atoms with van der Waals surface area (Å²) < 4.78 is 13.1. The SMILES string of the molecule is CCC(C(=O)NCC(C)C)N(Cc1ccc(Cl)c(Cl)c1)C(=O)CSCc1ccc(F)cc1. The van der Waals surface area contributed by atoms with Gasteiger partial charge in [0.25, 0.3) is 0 Å². The molecule has 1 atom stereocenters. The fourth-order valence-corrected chi connectivity index (χ4v) is 4.29. The zero-order chi connectivity index (χ0) is 23.7. The minimum atomic E-state index is -0.595. The quantitative estimate of drug-likeness (QED) is 0.416. The lowest BCUT2D eigenvalue weighted by Crippen LogP contribution is -2.50. The zero-order valence-electron chi connectivity index (χ0n) is 18.5. The van der Waals surface area contributed by atoms with E-state index in [9.17, 15) is 14.0 Å². The second-order valence-corrected chi connectivity index (χ2v) is 9.75. The van der Waals surface area contributed by atoms with Gasteiger partial charge in [-0.1, -0.05) is 62.2 Å². The molecule has 0 spiro atoms. The number of amides is 2. The highest BCUT2D eigenvalue weighted by molar-refractivity contribution is 7.99. The van der Waals surface area contributed by atoms with Crippen molar-refractivity contribution in [2.45, 2.75) is 45.5 Å². The summed E-state index contributed by atoms with van der Waals surface area (Å²) in [5.74, 6) is 0.478. The summed E-state index contributed by atoms with van der Waals surface area (Å²) in [6, 6.07) is 10.8. The Morgan fingerprint density at radius 3 is 2.31 bits per heavy atom. The molecule has 1 unspecified atom stereocenters. The average Bonchev–Trinajstić information content (AvgIpc) is 2.75. The van der Waals surface area contributed by atoms with Crippen LogP contribution in [0.3, 0.4) is 0 Å². The Hall–Kier alpha value is -1.76. The summed E-state index contributed by atoms with van der Waals surface area (Å²) >= 11 is 13.6. The van der Waals surface area contributed by atoms with E-state index in [4.69, 9.17) is 23.2 Å². The monoisotopic (exact) mass is 498 g/mol. The van der Waals surface area contributed by atoms with Crippen molar-refractivity contribution in [3.63, 3.8) is 0 Å². The Bertz CT molecular complexity index is 909. The average molecular weight is 499 g/mol. The molecule has 0 fully saturated rings. The van der Waals surface area contributed by atoms with Gasteiger partial charge >= 0.3 is 0 Å². The highest BCUT2D eigenvalue weighted by Crippen LogP contribution is 2.24. The molecule has 2 amide bonds. The van der Waals surface area contributed by atoms with E-state index >= 15 is 0 Å². The Kier molecular flexibility index (Phi) is 10.8. The summed E-state index contributed by atoms with van der Waals surface area (Å²) in [6.07, 6.45) is 0.486. The third kappa shape index (κ3) is 8.30. The number of benzene rings is 2. The van der Waals surface area contributed by atoms with Crippen LogP contribution >= 0.6 is 35.0 Å². The number of nitrogens with zero attached hydrogens (tertiary/aromatic N) is 1. The molecule has 174 valence electrons. The molecule has 0 aromatic heterocycles. The molecule has 4 nitrogen and oxygen atoms in total. The second kappa shape index (κ2) is 13.1. The van der Waals surface area contributed by atoms with Crippen LogP contribution in [0.1, 0.15) is 38.3 Å². The fourth-order valence-electron chi connectivity index (χ4n) is 3.10. The molecule has 2 aromatic carbocycles. The van der Waals surface area contributed by atoms with Gasteiger partial charge in [0.1, 0.15) is 11.9 Å². The van der Waals surface area contributed by atoms with Crippen LogP contribution in [0.5, 0.6) is 0 Å². The molecule has 0 radical (unpaired) electrons. The van der Waals surface area contributed by atoms with Crippen LogP contribution in [0.25, 0.3) is 0 Å². The molecule has 2 aromatic rings. The summed E-state index contributed by atoms with van der Waals surface area (Å²) in [4.78, 5) is 27.7. The molecule has 0 aliphatic heterocycles. The summed E-state index contributed by atoms with van der Waals surface area (Å²) in [5, 5.41) is 3.78. The first-order valence-electron chi connectivity index (χ1n) is 10.5. The first-order valence-corrected chi connectivity index (χ1v) is 12.5. The second-order valence-electron chi connectivity index (χ2n) is 7.95. The van der Waals surface area contributed by atoms with Gasteiger partial charge in [0.15, 0.2) is 0 Å². The van der Waals surface area contributed by atoms with Crippen LogP contribution in [0, 0.1) is 11.7 Å². The van der Waals surface area contributed by atoms with Gasteiger partial charge in [-0.2, -0.15) is 0 Å². The minimum Gasteiger partial charge on any atom is -0.354 e. The Labute approximate surface area is 203 Å². The number of rotatable bonds is 11. The Balaban J connectivity index is 2.14. The van der Waals surface area contributed by atoms with Crippen LogP contribution in [0.15, 0.2) is 42.5 Å². The molecular weight excluding hydrogens is 470 g/mol. The van der Waals surface area contributed by atoms with Gasteiger partial charge in [-0.25, -0.2) is 4.39 Å². The fraction of sp³-hybridized carbons (Fsp3) is 0.417. The number of carbonyl (C=O) groups excluding carboxylic acids is 2. The van der Waals surface area contributed by atoms with Gasteiger partial charge in [0.05, 0.1) is 15.8 Å². The number of hydrogen-bond acceptors (Lipinski definition) is 3. The van der Waals surface area contributed by atoms with Crippen LogP contribution in [-0.4, -0.2) is 35.1 Å². The molecule has 0 saturated carbocycles. The molecule has 8 heteroatoms. The van der Waals surface area contributed by atoms with Crippen molar-refractivity contribution in [3.8, 4) is 0 Å². The van der Waals surface area contributed by atoms with E-state index in [1.807, 2.05) is 20.8 Å². The lowest BCUT2D eigenvalue weighted by molar-refractivity contribution is -0.139. The van der Waals surface area contributed by atoms with E-state index in [0.717, 1.165) is 11.1 Å². The Morgan fingerprint density at radius 1 is 1.06 bits per heavy atom. The molecular formula is C24H29Cl2FN2O2S.